The van der Waals surface area contributed by atoms with Crippen LogP contribution in [0.25, 0.3) is 0 Å². The summed E-state index contributed by atoms with van der Waals surface area (Å²) in [6.07, 6.45) is 5.58. The van der Waals surface area contributed by atoms with Gasteiger partial charge in [0.25, 0.3) is 5.91 Å². The second kappa shape index (κ2) is 5.06. The van der Waals surface area contributed by atoms with E-state index in [1.54, 1.807) is 19.1 Å². The number of carbonyl (C=O) groups excluding carboxylic acids is 1. The van der Waals surface area contributed by atoms with Crippen LogP contribution in [-0.4, -0.2) is 17.6 Å². The van der Waals surface area contributed by atoms with Crippen molar-refractivity contribution in [3.63, 3.8) is 0 Å². The summed E-state index contributed by atoms with van der Waals surface area (Å²) in [6, 6.07) is 4.72. The molecule has 1 aromatic rings. The van der Waals surface area contributed by atoms with Crippen LogP contribution in [0, 0.1) is 19.3 Å². The molecule has 0 aliphatic heterocycles. The number of amides is 1. The van der Waals surface area contributed by atoms with Gasteiger partial charge in [0.15, 0.2) is 0 Å². The largest absolute Gasteiger partial charge is 0.508 e. The number of rotatable bonds is 3. The summed E-state index contributed by atoms with van der Waals surface area (Å²) in [5.74, 6) is 2.46. The van der Waals surface area contributed by atoms with E-state index in [1.165, 1.54) is 6.07 Å². The summed E-state index contributed by atoms with van der Waals surface area (Å²) in [5.41, 5.74) is 1.21. The molecule has 0 spiro atoms. The van der Waals surface area contributed by atoms with Crippen molar-refractivity contribution in [2.75, 3.05) is 6.54 Å². The van der Waals surface area contributed by atoms with Gasteiger partial charge < -0.3 is 10.4 Å². The van der Waals surface area contributed by atoms with E-state index in [1.807, 2.05) is 0 Å². The van der Waals surface area contributed by atoms with Gasteiger partial charge in [-0.1, -0.05) is 0 Å². The third kappa shape index (κ3) is 3.03. The third-order valence-electron chi connectivity index (χ3n) is 2.01. The highest BCUT2D eigenvalue weighted by Gasteiger charge is 2.05. The van der Waals surface area contributed by atoms with Crippen LogP contribution in [0.15, 0.2) is 18.2 Å². The molecule has 3 nitrogen and oxygen atoms in total. The molecule has 0 fully saturated rings. The van der Waals surface area contributed by atoms with Gasteiger partial charge in [-0.2, -0.15) is 0 Å². The summed E-state index contributed by atoms with van der Waals surface area (Å²) < 4.78 is 0. The van der Waals surface area contributed by atoms with Crippen molar-refractivity contribution in [3.8, 4) is 18.1 Å². The van der Waals surface area contributed by atoms with Crippen molar-refractivity contribution in [2.24, 2.45) is 0 Å². The van der Waals surface area contributed by atoms with Crippen molar-refractivity contribution < 1.29 is 9.90 Å². The Morgan fingerprint density at radius 1 is 1.60 bits per heavy atom. The molecular weight excluding hydrogens is 190 g/mol. The van der Waals surface area contributed by atoms with Crippen molar-refractivity contribution in [1.82, 2.24) is 5.32 Å². The van der Waals surface area contributed by atoms with Gasteiger partial charge in [-0.15, -0.1) is 12.3 Å². The Morgan fingerprint density at radius 2 is 2.33 bits per heavy atom. The number of aryl methyl sites for hydroxylation is 1. The number of terminal acetylenes is 1. The molecule has 0 bridgehead atoms. The highest BCUT2D eigenvalue weighted by atomic mass is 16.3. The predicted octanol–water partition coefficient (Wildman–Crippen LogP) is 1.45. The lowest BCUT2D eigenvalue weighted by Gasteiger charge is -2.04. The van der Waals surface area contributed by atoms with Crippen molar-refractivity contribution in [2.45, 2.75) is 13.3 Å². The number of phenolic OH excluding ortho intramolecular Hbond substituents is 1. The molecule has 0 saturated heterocycles. The first-order valence-electron chi connectivity index (χ1n) is 4.66. The molecule has 0 unspecified atom stereocenters. The van der Waals surface area contributed by atoms with Crippen molar-refractivity contribution in [3.05, 3.63) is 29.3 Å². The molecule has 0 aliphatic rings. The lowest BCUT2D eigenvalue weighted by Crippen LogP contribution is -2.24. The molecule has 78 valence electrons. The van der Waals surface area contributed by atoms with E-state index in [2.05, 4.69) is 11.2 Å². The maximum atomic E-state index is 11.5. The first kappa shape index (κ1) is 11.1. The Labute approximate surface area is 89.1 Å². The SMILES string of the molecule is C#CCCNC(=O)c1ccc(O)c(C)c1. The van der Waals surface area contributed by atoms with Gasteiger partial charge in [0, 0.05) is 18.5 Å². The monoisotopic (exact) mass is 203 g/mol. The lowest BCUT2D eigenvalue weighted by atomic mass is 10.1. The minimum Gasteiger partial charge on any atom is -0.508 e. The van der Waals surface area contributed by atoms with E-state index in [4.69, 9.17) is 6.42 Å². The molecular formula is C12H13NO2. The summed E-state index contributed by atoms with van der Waals surface area (Å²) in [7, 11) is 0. The van der Waals surface area contributed by atoms with Crippen LogP contribution in [0.3, 0.4) is 0 Å². The fraction of sp³-hybridized carbons (Fsp3) is 0.250. The molecule has 0 aromatic heterocycles. The van der Waals surface area contributed by atoms with Gasteiger partial charge in [0.1, 0.15) is 5.75 Å². The summed E-state index contributed by atoms with van der Waals surface area (Å²) in [4.78, 5) is 11.5. The van der Waals surface area contributed by atoms with Gasteiger partial charge in [-0.3, -0.25) is 4.79 Å². The van der Waals surface area contributed by atoms with Crippen LogP contribution in [-0.2, 0) is 0 Å². The van der Waals surface area contributed by atoms with Crippen molar-refractivity contribution >= 4 is 5.91 Å². The number of nitrogens with one attached hydrogen (secondary N) is 1. The standard InChI is InChI=1S/C12H13NO2/c1-3-4-7-13-12(15)10-5-6-11(14)9(2)8-10/h1,5-6,8,14H,4,7H2,2H3,(H,13,15). The van der Waals surface area contributed by atoms with E-state index < -0.39 is 0 Å². The minimum atomic E-state index is -0.173. The van der Waals surface area contributed by atoms with Gasteiger partial charge in [-0.25, -0.2) is 0 Å². The van der Waals surface area contributed by atoms with Crippen molar-refractivity contribution in [1.29, 1.82) is 0 Å². The van der Waals surface area contributed by atoms with Crippen LogP contribution in [0.2, 0.25) is 0 Å². The number of carbonyl (C=O) groups is 1. The normalized spacial score (nSPS) is 9.33. The van der Waals surface area contributed by atoms with Crippen LogP contribution in [0.1, 0.15) is 22.3 Å². The van der Waals surface area contributed by atoms with Gasteiger partial charge >= 0.3 is 0 Å². The zero-order valence-electron chi connectivity index (χ0n) is 8.58. The fourth-order valence-corrected chi connectivity index (χ4v) is 1.15. The Kier molecular flexibility index (Phi) is 3.75. The molecule has 0 saturated carbocycles. The average molecular weight is 203 g/mol. The molecule has 1 amide bonds. The molecule has 15 heavy (non-hydrogen) atoms. The van der Waals surface area contributed by atoms with Gasteiger partial charge in [0.2, 0.25) is 0 Å². The van der Waals surface area contributed by atoms with Gasteiger partial charge in [0.05, 0.1) is 0 Å². The molecule has 1 aromatic carbocycles. The third-order valence-corrected chi connectivity index (χ3v) is 2.01. The maximum Gasteiger partial charge on any atom is 0.251 e. The van der Waals surface area contributed by atoms with E-state index >= 15 is 0 Å². The predicted molar refractivity (Wildman–Crippen MR) is 58.6 cm³/mol. The molecule has 0 radical (unpaired) electrons. The van der Waals surface area contributed by atoms with Crippen LogP contribution in [0.4, 0.5) is 0 Å². The zero-order valence-corrected chi connectivity index (χ0v) is 8.58. The van der Waals surface area contributed by atoms with Crippen LogP contribution < -0.4 is 5.32 Å². The smallest absolute Gasteiger partial charge is 0.251 e. The van der Waals surface area contributed by atoms with E-state index in [9.17, 15) is 9.90 Å². The highest BCUT2D eigenvalue weighted by molar-refractivity contribution is 5.94. The fourth-order valence-electron chi connectivity index (χ4n) is 1.15. The second-order valence-corrected chi connectivity index (χ2v) is 3.21. The molecule has 3 heteroatoms. The van der Waals surface area contributed by atoms with Gasteiger partial charge in [-0.05, 0) is 30.7 Å². The lowest BCUT2D eigenvalue weighted by molar-refractivity contribution is 0.0954. The number of phenols is 1. The van der Waals surface area contributed by atoms with E-state index in [0.29, 0.717) is 24.1 Å². The first-order chi connectivity index (χ1) is 7.15. The minimum absolute atomic E-state index is 0.173. The Balaban J connectivity index is 2.67. The second-order valence-electron chi connectivity index (χ2n) is 3.21. The van der Waals surface area contributed by atoms with Crippen LogP contribution >= 0.6 is 0 Å². The molecule has 0 aliphatic carbocycles. The number of aromatic hydroxyl groups is 1. The van der Waals surface area contributed by atoms with E-state index in [-0.39, 0.29) is 11.7 Å². The van der Waals surface area contributed by atoms with E-state index in [0.717, 1.165) is 0 Å². The van der Waals surface area contributed by atoms with Crippen LogP contribution in [0.5, 0.6) is 5.75 Å². The first-order valence-corrected chi connectivity index (χ1v) is 4.66. The molecule has 1 rings (SSSR count). The molecule has 0 heterocycles. The summed E-state index contributed by atoms with van der Waals surface area (Å²) in [6.45, 7) is 2.21. The number of hydrogen-bond donors (Lipinski definition) is 2. The Hall–Kier alpha value is -1.95. The highest BCUT2D eigenvalue weighted by Crippen LogP contribution is 2.16. The number of benzene rings is 1. The zero-order chi connectivity index (χ0) is 11.3. The average Bonchev–Trinajstić information content (AvgIpc) is 2.22. The summed E-state index contributed by atoms with van der Waals surface area (Å²) >= 11 is 0. The quantitative estimate of drug-likeness (QED) is 0.577. The summed E-state index contributed by atoms with van der Waals surface area (Å²) in [5, 5.41) is 12.0. The topological polar surface area (TPSA) is 49.3 Å². The maximum absolute atomic E-state index is 11.5. The Bertz CT molecular complexity index is 405. The molecule has 2 N–H and O–H groups in total. The molecule has 0 atom stereocenters. The number of hydrogen-bond acceptors (Lipinski definition) is 2. The Morgan fingerprint density at radius 3 is 2.93 bits per heavy atom.